The molecule has 0 aliphatic carbocycles. The molecular formula is C19H24N6O2. The molecule has 1 aromatic carbocycles. The summed E-state index contributed by atoms with van der Waals surface area (Å²) < 4.78 is 1.95. The normalized spacial score (nSPS) is 16.4. The van der Waals surface area contributed by atoms with E-state index in [1.807, 2.05) is 24.5 Å². The van der Waals surface area contributed by atoms with Crippen LogP contribution < -0.4 is 17.0 Å². The van der Waals surface area contributed by atoms with Crippen LogP contribution in [0.2, 0.25) is 0 Å². The maximum Gasteiger partial charge on any atom is 0.349 e. The third-order valence-electron chi connectivity index (χ3n) is 5.50. The Hall–Kier alpha value is -2.58. The van der Waals surface area contributed by atoms with Gasteiger partial charge in [-0.05, 0) is 63.0 Å². The second kappa shape index (κ2) is 6.86. The van der Waals surface area contributed by atoms with Crippen LogP contribution in [0, 0.1) is 13.8 Å². The van der Waals surface area contributed by atoms with Gasteiger partial charge in [-0.1, -0.05) is 0 Å². The van der Waals surface area contributed by atoms with Crippen LogP contribution in [0.3, 0.4) is 0 Å². The first-order valence-electron chi connectivity index (χ1n) is 9.32. The Bertz CT molecular complexity index is 1080. The Labute approximate surface area is 156 Å². The van der Waals surface area contributed by atoms with Gasteiger partial charge in [0.2, 0.25) is 0 Å². The summed E-state index contributed by atoms with van der Waals surface area (Å²) in [6.45, 7) is 7.42. The standard InChI is InChI=1S/C19H24N6O2/c1-11-9-14-15(10-12(11)2)25(8-7-24-5-3-13(20)4-6-24)17-16(21-14)18(26)23-19(27)22-17/h9-10,13H,3-8,20H2,1-2H3,(H,23,26,27). The predicted molar refractivity (Wildman–Crippen MR) is 104 cm³/mol. The van der Waals surface area contributed by atoms with Crippen LogP contribution in [0.5, 0.6) is 0 Å². The zero-order valence-corrected chi connectivity index (χ0v) is 15.7. The number of benzene rings is 1. The number of hydrogen-bond acceptors (Lipinski definition) is 6. The average Bonchev–Trinajstić information content (AvgIpc) is 2.62. The molecule has 0 radical (unpaired) electrons. The maximum atomic E-state index is 12.3. The average molecular weight is 368 g/mol. The maximum absolute atomic E-state index is 12.3. The summed E-state index contributed by atoms with van der Waals surface area (Å²) in [7, 11) is 0. The van der Waals surface area contributed by atoms with Crippen molar-refractivity contribution in [2.24, 2.45) is 5.73 Å². The zero-order valence-electron chi connectivity index (χ0n) is 15.7. The van der Waals surface area contributed by atoms with E-state index in [2.05, 4.69) is 25.9 Å². The Morgan fingerprint density at radius 3 is 2.56 bits per heavy atom. The Kier molecular flexibility index (Phi) is 4.53. The number of piperidine rings is 1. The first-order chi connectivity index (χ1) is 12.9. The van der Waals surface area contributed by atoms with Crippen molar-refractivity contribution in [2.75, 3.05) is 19.6 Å². The van der Waals surface area contributed by atoms with E-state index in [4.69, 9.17) is 5.73 Å². The molecule has 3 N–H and O–H groups in total. The molecule has 1 aromatic rings. The summed E-state index contributed by atoms with van der Waals surface area (Å²) in [4.78, 5) is 37.3. The second-order valence-electron chi connectivity index (χ2n) is 7.41. The molecule has 0 spiro atoms. The number of nitrogens with zero attached hydrogens (tertiary/aromatic N) is 4. The summed E-state index contributed by atoms with van der Waals surface area (Å²) in [5.74, 6) is 0.341. The molecule has 3 heterocycles. The van der Waals surface area contributed by atoms with Gasteiger partial charge in [-0.3, -0.25) is 9.78 Å². The van der Waals surface area contributed by atoms with Crippen LogP contribution in [-0.2, 0) is 6.54 Å². The van der Waals surface area contributed by atoms with Crippen molar-refractivity contribution in [3.05, 3.63) is 44.1 Å². The molecule has 3 aliphatic rings. The van der Waals surface area contributed by atoms with Gasteiger partial charge in [0.05, 0.1) is 11.0 Å². The lowest BCUT2D eigenvalue weighted by Crippen LogP contribution is -2.41. The van der Waals surface area contributed by atoms with E-state index in [-0.39, 0.29) is 11.7 Å². The monoisotopic (exact) mass is 368 g/mol. The van der Waals surface area contributed by atoms with Crippen molar-refractivity contribution in [1.82, 2.24) is 24.4 Å². The van der Waals surface area contributed by atoms with Crippen LogP contribution in [0.4, 0.5) is 0 Å². The highest BCUT2D eigenvalue weighted by Gasteiger charge is 2.21. The fourth-order valence-electron chi connectivity index (χ4n) is 3.69. The van der Waals surface area contributed by atoms with Gasteiger partial charge in [-0.2, -0.15) is 4.98 Å². The smallest absolute Gasteiger partial charge is 0.328 e. The zero-order chi connectivity index (χ0) is 19.1. The third kappa shape index (κ3) is 3.38. The molecule has 0 unspecified atom stereocenters. The number of aromatic amines is 1. The summed E-state index contributed by atoms with van der Waals surface area (Å²) in [6, 6.07) is 4.31. The summed E-state index contributed by atoms with van der Waals surface area (Å²) in [6.07, 6.45) is 1.98. The van der Waals surface area contributed by atoms with Crippen molar-refractivity contribution in [2.45, 2.75) is 39.3 Å². The fraction of sp³-hybridized carbons (Fsp3) is 0.474. The molecule has 0 amide bonds. The number of H-pyrrole nitrogens is 1. The predicted octanol–water partition coefficient (Wildman–Crippen LogP) is 0.625. The number of nitrogens with two attached hydrogens (primary N) is 1. The number of likely N-dealkylation sites (tertiary alicyclic amines) is 1. The van der Waals surface area contributed by atoms with Gasteiger partial charge in [0.1, 0.15) is 0 Å². The Morgan fingerprint density at radius 1 is 1.11 bits per heavy atom. The summed E-state index contributed by atoms with van der Waals surface area (Å²) >= 11 is 0. The topological polar surface area (TPSA) is 110 Å². The highest BCUT2D eigenvalue weighted by molar-refractivity contribution is 5.81. The number of nitrogens with one attached hydrogen (secondary N) is 1. The first kappa shape index (κ1) is 17.8. The third-order valence-corrected chi connectivity index (χ3v) is 5.50. The van der Waals surface area contributed by atoms with Crippen molar-refractivity contribution in [3.63, 3.8) is 0 Å². The molecule has 4 rings (SSSR count). The largest absolute Gasteiger partial charge is 0.349 e. The van der Waals surface area contributed by atoms with Crippen molar-refractivity contribution >= 4 is 11.0 Å². The van der Waals surface area contributed by atoms with E-state index >= 15 is 0 Å². The molecular weight excluding hydrogens is 344 g/mol. The van der Waals surface area contributed by atoms with Crippen molar-refractivity contribution in [3.8, 4) is 11.5 Å². The van der Waals surface area contributed by atoms with Gasteiger partial charge in [-0.15, -0.1) is 0 Å². The molecule has 0 saturated carbocycles. The molecule has 0 atom stereocenters. The van der Waals surface area contributed by atoms with Gasteiger partial charge in [-0.25, -0.2) is 9.78 Å². The van der Waals surface area contributed by atoms with E-state index < -0.39 is 11.2 Å². The molecule has 142 valence electrons. The minimum absolute atomic E-state index is 0.200. The van der Waals surface area contributed by atoms with Gasteiger partial charge < -0.3 is 15.2 Å². The van der Waals surface area contributed by atoms with Crippen LogP contribution in [-0.4, -0.2) is 50.1 Å². The Morgan fingerprint density at radius 2 is 1.81 bits per heavy atom. The molecule has 0 bridgehead atoms. The number of fused-ring (bicyclic) bond motifs is 2. The molecule has 8 heteroatoms. The van der Waals surface area contributed by atoms with Crippen LogP contribution in [0.15, 0.2) is 21.7 Å². The Balaban J connectivity index is 1.83. The molecule has 8 nitrogen and oxygen atoms in total. The van der Waals surface area contributed by atoms with Gasteiger partial charge in [0.15, 0.2) is 11.5 Å². The number of aromatic nitrogens is 4. The van der Waals surface area contributed by atoms with Crippen LogP contribution >= 0.6 is 0 Å². The minimum Gasteiger partial charge on any atom is -0.328 e. The summed E-state index contributed by atoms with van der Waals surface area (Å²) in [5.41, 5.74) is 8.91. The van der Waals surface area contributed by atoms with Crippen molar-refractivity contribution in [1.29, 1.82) is 0 Å². The molecule has 0 aromatic heterocycles. The van der Waals surface area contributed by atoms with E-state index in [1.54, 1.807) is 0 Å². The van der Waals surface area contributed by atoms with Gasteiger partial charge in [0.25, 0.3) is 5.56 Å². The molecule has 1 fully saturated rings. The van der Waals surface area contributed by atoms with Crippen molar-refractivity contribution < 1.29 is 0 Å². The number of hydrogen-bond donors (Lipinski definition) is 2. The first-order valence-corrected chi connectivity index (χ1v) is 9.32. The van der Waals surface area contributed by atoms with E-state index in [0.717, 1.165) is 54.6 Å². The van der Waals surface area contributed by atoms with Gasteiger partial charge in [0, 0.05) is 19.1 Å². The lowest BCUT2D eigenvalue weighted by atomic mass is 10.1. The van der Waals surface area contributed by atoms with Crippen LogP contribution in [0.25, 0.3) is 22.6 Å². The van der Waals surface area contributed by atoms with E-state index in [0.29, 0.717) is 12.4 Å². The summed E-state index contributed by atoms with van der Waals surface area (Å²) in [5, 5.41) is 0. The lowest BCUT2D eigenvalue weighted by Gasteiger charge is -2.30. The lowest BCUT2D eigenvalue weighted by molar-refractivity contribution is 0.207. The SMILES string of the molecule is Cc1cc2nc3c(=O)[nH]c(=O)nc-3n(CCN3CCC(N)CC3)c2cc1C. The van der Waals surface area contributed by atoms with Crippen LogP contribution in [0.1, 0.15) is 24.0 Å². The molecule has 1 saturated heterocycles. The quantitative estimate of drug-likeness (QED) is 0.656. The fourth-order valence-corrected chi connectivity index (χ4v) is 3.69. The number of aryl methyl sites for hydroxylation is 2. The highest BCUT2D eigenvalue weighted by Crippen LogP contribution is 2.24. The highest BCUT2D eigenvalue weighted by atomic mass is 16.2. The second-order valence-corrected chi connectivity index (χ2v) is 7.41. The van der Waals surface area contributed by atoms with Gasteiger partial charge >= 0.3 is 5.69 Å². The van der Waals surface area contributed by atoms with E-state index in [1.165, 1.54) is 0 Å². The molecule has 27 heavy (non-hydrogen) atoms. The van der Waals surface area contributed by atoms with E-state index in [9.17, 15) is 9.59 Å². The minimum atomic E-state index is -0.643. The number of rotatable bonds is 3. The molecule has 3 aliphatic heterocycles.